The molecule has 26 nitrogen and oxygen atoms in total. The van der Waals surface area contributed by atoms with Crippen LogP contribution in [0, 0.1) is 5.92 Å². The van der Waals surface area contributed by atoms with Gasteiger partial charge in [0.15, 0.2) is 17.3 Å². The lowest BCUT2D eigenvalue weighted by Gasteiger charge is -2.32. The Balaban J connectivity index is -0.000000130. The van der Waals surface area contributed by atoms with Gasteiger partial charge in [0.1, 0.15) is 34.9 Å². The first-order chi connectivity index (χ1) is 54.1. The van der Waals surface area contributed by atoms with Crippen LogP contribution in [0.5, 0.6) is 5.75 Å². The summed E-state index contributed by atoms with van der Waals surface area (Å²) < 4.78 is 9.07. The molecule has 0 amide bonds. The standard InChI is InChI=1S/C12H13BN8.C8H12O2.C8H8O2.C6H5NO2.C6H5NS2.C6H10O2.C5H4N2O2.C5H4N2S2.C2H4O2.C2H4S2.10C2H6/c1-5-14-18(9-1)13(19-10-2-6-15-19,20-11-3-7-16-20)21-12-4-8-17-21;2*1-6(9)7-4-2-3-5-8(7)10;2*8-6(9)5-3-1-2-4-7-5;1-4(5(2)7)6(3)8;2*8-5(9)4-3-6-1-2-7-4;2*1-2(3)4;10*1-2/h1-3,5-12H,4H2;10H,2-5H2,1H3;2-5,10H,1H3;2*1-4H,(H,8,9);4H,1-3H3;2*1-3H,(H,8,9);2*1H3,(H,3,4);10*1-2H3. The normalized spacial score (nSPS) is 9.74. The molecule has 0 spiro atoms. The topological polar surface area (TPSA) is 367 Å². The number of aromatic nitrogens is 12. The van der Waals surface area contributed by atoms with Gasteiger partial charge < -0.3 is 39.3 Å². The van der Waals surface area contributed by atoms with Gasteiger partial charge in [-0.2, -0.15) is 0 Å². The van der Waals surface area contributed by atoms with E-state index in [2.05, 4.69) is 100 Å². The third kappa shape index (κ3) is 62.7. The van der Waals surface area contributed by atoms with Crippen LogP contribution in [0.2, 0.25) is 0 Å². The number of phenols is 1. The number of para-hydroxylation sites is 1. The van der Waals surface area contributed by atoms with E-state index in [-0.39, 0.29) is 40.3 Å². The van der Waals surface area contributed by atoms with Crippen LogP contribution in [-0.2, 0) is 19.2 Å². The summed E-state index contributed by atoms with van der Waals surface area (Å²) in [6, 6.07) is 22.4. The molecule has 10 rings (SSSR count). The maximum Gasteiger partial charge on any atom is 0.667 e. The molecule has 33 heteroatoms. The average Bonchev–Trinajstić information content (AvgIpc) is 1.62. The number of carboxylic acids is 3. The van der Waals surface area contributed by atoms with Crippen molar-refractivity contribution in [1.82, 2.24) is 59.0 Å². The van der Waals surface area contributed by atoms with Crippen molar-refractivity contribution in [2.45, 2.75) is 219 Å². The molecule has 0 unspecified atom stereocenters. The fourth-order valence-electron chi connectivity index (χ4n) is 6.88. The predicted octanol–water partition coefficient (Wildman–Crippen LogP) is 19.8. The number of Topliss-reactive ketones (excluding diaryl/α,β-unsaturated/α-hetero) is 4. The van der Waals surface area contributed by atoms with Gasteiger partial charge >= 0.3 is 18.6 Å². The van der Waals surface area contributed by atoms with E-state index in [1.165, 1.54) is 64.6 Å². The molecule has 630 valence electrons. The monoisotopic (exact) mass is 1680 g/mol. The Bertz CT molecular complexity index is 3420. The highest BCUT2D eigenvalue weighted by atomic mass is 32.1. The number of aliphatic hydroxyl groups is 1. The molecule has 0 fully saturated rings. The molecule has 2 aliphatic rings. The molecular formula is C80H129BN14O12S6. The summed E-state index contributed by atoms with van der Waals surface area (Å²) in [4.78, 5) is 93.8. The Hall–Kier alpha value is -9.54. The van der Waals surface area contributed by atoms with Gasteiger partial charge in [-0.15, -0.1) is 37.9 Å². The van der Waals surface area contributed by atoms with Crippen molar-refractivity contribution in [2.24, 2.45) is 11.0 Å². The van der Waals surface area contributed by atoms with Gasteiger partial charge in [-0.25, -0.2) is 39.4 Å². The van der Waals surface area contributed by atoms with Crippen molar-refractivity contribution in [1.29, 1.82) is 0 Å². The second kappa shape index (κ2) is 88.0. The van der Waals surface area contributed by atoms with Gasteiger partial charge in [-0.3, -0.25) is 43.9 Å². The Kier molecular flexibility index (Phi) is 96.9. The fraction of sp³-hybridized carbons (Fsp3) is 0.412. The molecule has 1 aromatic carbocycles. The summed E-state index contributed by atoms with van der Waals surface area (Å²) in [5.41, 5.74) is 2.48. The molecule has 5 N–H and O–H groups in total. The highest BCUT2D eigenvalue weighted by Gasteiger charge is 2.52. The van der Waals surface area contributed by atoms with E-state index < -0.39 is 30.5 Å². The molecule has 1 aliphatic carbocycles. The number of hydrazone groups is 1. The van der Waals surface area contributed by atoms with E-state index >= 15 is 0 Å². The van der Waals surface area contributed by atoms with Crippen LogP contribution in [0.1, 0.15) is 262 Å². The van der Waals surface area contributed by atoms with Crippen LogP contribution < -0.4 is 0 Å². The maximum atomic E-state index is 10.8. The predicted molar refractivity (Wildman–Crippen MR) is 487 cm³/mol. The zero-order valence-corrected chi connectivity index (χ0v) is 76.5. The highest BCUT2D eigenvalue weighted by Crippen LogP contribution is 2.23. The summed E-state index contributed by atoms with van der Waals surface area (Å²) in [5, 5.41) is 60.1. The summed E-state index contributed by atoms with van der Waals surface area (Å²) in [7, 11) is 0. The number of ketones is 4. The SMILES string of the molecule is C1=N[N+]([B-](n2cccn2)(n2cccn2)n2cccn2)=CC1.CC.CC.CC.CC.CC.CC.CC.CC.CC.CC.CC(=O)C(C)C(C)=O.CC(=O)C1=C(O)CCCC1.CC(=O)O.CC(=O)c1ccccc1O.CC(=S)S.O=C(O)c1ccccn1.O=C(O)c1cnccn1.S=C(S)c1ccccn1.S=C(S)c1cnccn1. The quantitative estimate of drug-likeness (QED) is 0.0185. The van der Waals surface area contributed by atoms with E-state index in [1.54, 1.807) is 87.6 Å². The number of phenolic OH excluding ortho intramolecular Hbond substituents is 1. The number of carboxylic acid groups (broad SMARTS) is 3. The smallest absolute Gasteiger partial charge is 0.512 e. The first-order valence-corrected chi connectivity index (χ1v) is 39.8. The third-order valence-electron chi connectivity index (χ3n) is 11.3. The number of hydrogen-bond acceptors (Lipinski definition) is 22. The molecule has 0 radical (unpaired) electrons. The van der Waals surface area contributed by atoms with Crippen LogP contribution in [0.3, 0.4) is 0 Å². The lowest BCUT2D eigenvalue weighted by atomic mass is 9.75. The van der Waals surface area contributed by atoms with Crippen molar-refractivity contribution < 1.29 is 63.7 Å². The molecule has 8 heterocycles. The number of aromatic carboxylic acids is 2. The molecule has 1 aliphatic heterocycles. The van der Waals surface area contributed by atoms with Crippen molar-refractivity contribution in [3.63, 3.8) is 0 Å². The maximum absolute atomic E-state index is 10.8. The number of aliphatic hydroxyl groups excluding tert-OH is 1. The van der Waals surface area contributed by atoms with Gasteiger partial charge in [0.2, 0.25) is 0 Å². The molecule has 0 saturated heterocycles. The van der Waals surface area contributed by atoms with E-state index in [0.717, 1.165) is 38.3 Å². The second-order valence-corrected chi connectivity index (χ2v) is 22.2. The minimum absolute atomic E-state index is 0.0252. The van der Waals surface area contributed by atoms with Crippen molar-refractivity contribution >= 4 is 147 Å². The van der Waals surface area contributed by atoms with Crippen LogP contribution >= 0.6 is 74.5 Å². The Labute approximate surface area is 706 Å². The number of aliphatic carboxylic acids is 1. The molecular weight excluding hydrogens is 1550 g/mol. The second-order valence-electron chi connectivity index (χ2n) is 18.3. The largest absolute Gasteiger partial charge is 0.667 e. The number of nitrogens with zero attached hydrogens (tertiary/aromatic N) is 14. The fourth-order valence-corrected chi connectivity index (χ4v) is 7.36. The van der Waals surface area contributed by atoms with E-state index in [9.17, 15) is 33.9 Å². The number of allylic oxidation sites excluding steroid dienone is 2. The zero-order chi connectivity index (χ0) is 89.9. The third-order valence-corrected chi connectivity index (χ3v) is 12.2. The first kappa shape index (κ1) is 124. The van der Waals surface area contributed by atoms with Crippen LogP contribution in [0.4, 0.5) is 0 Å². The van der Waals surface area contributed by atoms with Gasteiger partial charge in [0.25, 0.3) is 5.97 Å². The van der Waals surface area contributed by atoms with E-state index in [1.807, 2.05) is 224 Å². The summed E-state index contributed by atoms with van der Waals surface area (Å²) >= 11 is 25.5. The Morgan fingerprint density at radius 1 is 0.451 bits per heavy atom. The number of rotatable bonds is 12. The van der Waals surface area contributed by atoms with E-state index in [4.69, 9.17) is 49.7 Å². The Morgan fingerprint density at radius 2 is 0.796 bits per heavy atom. The Morgan fingerprint density at radius 3 is 1.00 bits per heavy atom. The minimum Gasteiger partial charge on any atom is -0.512 e. The minimum atomic E-state index is -1.80. The van der Waals surface area contributed by atoms with Gasteiger partial charge in [0.05, 0.1) is 56.4 Å². The summed E-state index contributed by atoms with van der Waals surface area (Å²) in [6.07, 6.45) is 30.9. The number of thiocarbonyl (C=S) groups is 3. The molecule has 8 aromatic rings. The number of carbonyl (C=O) groups is 7. The lowest BCUT2D eigenvalue weighted by Crippen LogP contribution is -2.66. The van der Waals surface area contributed by atoms with Crippen molar-refractivity contribution in [3.8, 4) is 5.75 Å². The molecule has 0 saturated carbocycles. The number of carbonyl (C=O) groups excluding carboxylic acids is 4. The van der Waals surface area contributed by atoms with Crippen LogP contribution in [-0.4, -0.2) is 162 Å². The number of hydrogen-bond donors (Lipinski definition) is 8. The molecule has 0 bridgehead atoms. The van der Waals surface area contributed by atoms with Crippen LogP contribution in [0.25, 0.3) is 0 Å². The van der Waals surface area contributed by atoms with Crippen LogP contribution in [0.15, 0.2) is 182 Å². The lowest BCUT2D eigenvalue weighted by molar-refractivity contribution is -0.408. The number of benzene rings is 1. The van der Waals surface area contributed by atoms with Gasteiger partial charge in [-0.1, -0.05) is 204 Å². The molecule has 113 heavy (non-hydrogen) atoms. The van der Waals surface area contributed by atoms with E-state index in [0.29, 0.717) is 41.6 Å². The number of pyridine rings is 2. The average molecular weight is 1680 g/mol. The van der Waals surface area contributed by atoms with Gasteiger partial charge in [-0.05, 0) is 134 Å². The number of thiol groups is 3. The summed E-state index contributed by atoms with van der Waals surface area (Å²) in [5.74, 6) is -3.12. The zero-order valence-electron chi connectivity index (χ0n) is 71.4. The molecule has 7 aromatic heterocycles. The molecule has 0 atom stereocenters. The van der Waals surface area contributed by atoms with Crippen molar-refractivity contribution in [2.75, 3.05) is 0 Å². The number of aromatic hydroxyl groups is 1. The first-order valence-electron chi connectivity index (χ1n) is 37.3. The highest BCUT2D eigenvalue weighted by molar-refractivity contribution is 8.12. The van der Waals surface area contributed by atoms with Crippen molar-refractivity contribution in [3.05, 3.63) is 205 Å². The summed E-state index contributed by atoms with van der Waals surface area (Å²) in [6.45, 7) is 48.4. The van der Waals surface area contributed by atoms with Gasteiger partial charge in [0, 0.05) is 78.9 Å².